The summed E-state index contributed by atoms with van der Waals surface area (Å²) in [6, 6.07) is 11.7. The van der Waals surface area contributed by atoms with Crippen molar-refractivity contribution in [3.8, 4) is 5.69 Å². The Morgan fingerprint density at radius 2 is 2.19 bits per heavy atom. The van der Waals surface area contributed by atoms with Gasteiger partial charge in [0.1, 0.15) is 17.3 Å². The predicted octanol–water partition coefficient (Wildman–Crippen LogP) is 1.72. The normalized spacial score (nSPS) is 16.6. The number of hydrogen-bond acceptors (Lipinski definition) is 5. The molecule has 0 bridgehead atoms. The van der Waals surface area contributed by atoms with Crippen molar-refractivity contribution in [1.29, 1.82) is 0 Å². The van der Waals surface area contributed by atoms with Crippen LogP contribution in [0.15, 0.2) is 42.5 Å². The molecule has 0 unspecified atom stereocenters. The Kier molecular flexibility index (Phi) is 4.32. The highest BCUT2D eigenvalue weighted by molar-refractivity contribution is 7.80. The van der Waals surface area contributed by atoms with Crippen LogP contribution in [0.5, 0.6) is 0 Å². The minimum Gasteiger partial charge on any atom is -0.442 e. The lowest BCUT2D eigenvalue weighted by molar-refractivity contribution is 0.143. The van der Waals surface area contributed by atoms with E-state index in [4.69, 9.17) is 22.7 Å². The third-order valence-corrected chi connectivity index (χ3v) is 4.35. The first-order chi connectivity index (χ1) is 13.0. The van der Waals surface area contributed by atoms with Gasteiger partial charge in [0.25, 0.3) is 0 Å². The zero-order valence-electron chi connectivity index (χ0n) is 14.0. The number of rotatable bonds is 4. The van der Waals surface area contributed by atoms with Crippen molar-refractivity contribution in [2.75, 3.05) is 18.0 Å². The first-order valence-corrected chi connectivity index (χ1v) is 8.55. The molecule has 0 radical (unpaired) electrons. The highest BCUT2D eigenvalue weighted by Gasteiger charge is 2.32. The molecule has 1 amide bonds. The molecule has 3 aromatic rings. The van der Waals surface area contributed by atoms with Crippen LogP contribution in [0.2, 0.25) is 0 Å². The second kappa shape index (κ2) is 6.80. The number of fused-ring (bicyclic) bond motifs is 1. The fourth-order valence-electron chi connectivity index (χ4n) is 2.94. The van der Waals surface area contributed by atoms with Gasteiger partial charge >= 0.3 is 6.09 Å². The monoisotopic (exact) mass is 386 g/mol. The molecule has 1 fully saturated rings. The third kappa shape index (κ3) is 3.26. The minimum absolute atomic E-state index is 0.125. The number of para-hydroxylation sites is 1. The molecule has 1 aliphatic heterocycles. The number of nitrogens with zero attached hydrogens (tertiary/aromatic N) is 4. The molecule has 1 aromatic heterocycles. The summed E-state index contributed by atoms with van der Waals surface area (Å²) >= 11 is 4.74. The summed E-state index contributed by atoms with van der Waals surface area (Å²) in [5.74, 6) is -0.527. The molecule has 0 saturated carbocycles. The van der Waals surface area contributed by atoms with E-state index in [-0.39, 0.29) is 17.3 Å². The number of benzene rings is 2. The molecule has 2 aromatic carbocycles. The maximum atomic E-state index is 14.8. The highest BCUT2D eigenvalue weighted by atomic mass is 32.1. The van der Waals surface area contributed by atoms with Gasteiger partial charge in [-0.25, -0.2) is 13.9 Å². The van der Waals surface area contributed by atoms with Crippen LogP contribution < -0.4 is 16.0 Å². The Labute approximate surface area is 158 Å². The summed E-state index contributed by atoms with van der Waals surface area (Å²) in [7, 11) is 0. The molecule has 138 valence electrons. The average molecular weight is 386 g/mol. The number of anilines is 1. The van der Waals surface area contributed by atoms with Gasteiger partial charge in [-0.2, -0.15) is 0 Å². The number of nitrogens with one attached hydrogen (secondary N) is 1. The van der Waals surface area contributed by atoms with E-state index in [2.05, 4.69) is 15.6 Å². The molecule has 10 heteroatoms. The van der Waals surface area contributed by atoms with Crippen LogP contribution in [0.4, 0.5) is 14.9 Å². The van der Waals surface area contributed by atoms with Crippen molar-refractivity contribution in [2.24, 2.45) is 5.73 Å². The largest absolute Gasteiger partial charge is 0.442 e. The first-order valence-electron chi connectivity index (χ1n) is 8.15. The number of cyclic esters (lactones) is 1. The summed E-state index contributed by atoms with van der Waals surface area (Å²) in [6.45, 7) is 0.558. The van der Waals surface area contributed by atoms with Gasteiger partial charge in [-0.3, -0.25) is 4.90 Å². The molecular formula is C17H15FN6O2S. The minimum atomic E-state index is -0.553. The van der Waals surface area contributed by atoms with E-state index < -0.39 is 18.0 Å². The third-order valence-electron chi connectivity index (χ3n) is 4.20. The van der Waals surface area contributed by atoms with E-state index >= 15 is 0 Å². The molecule has 27 heavy (non-hydrogen) atoms. The standard InChI is InChI=1S/C17H15FN6O2S/c18-12-7-10(23-9-11(26-17(23)25)8-20-16(19)27)5-6-14(12)24-15-4-2-1-3-13(15)21-22-24/h1-7,11H,8-9H2,(H3,19,20,27)/t11-/m0/s1. The number of carbonyl (C=O) groups is 1. The van der Waals surface area contributed by atoms with Gasteiger partial charge in [-0.1, -0.05) is 17.3 Å². The van der Waals surface area contributed by atoms with Gasteiger partial charge < -0.3 is 15.8 Å². The van der Waals surface area contributed by atoms with Gasteiger partial charge in [0.15, 0.2) is 10.9 Å². The second-order valence-corrected chi connectivity index (χ2v) is 6.43. The molecule has 2 heterocycles. The van der Waals surface area contributed by atoms with Crippen molar-refractivity contribution in [3.63, 3.8) is 0 Å². The maximum absolute atomic E-state index is 14.8. The molecule has 0 aliphatic carbocycles. The fraction of sp³-hybridized carbons (Fsp3) is 0.176. The summed E-state index contributed by atoms with van der Waals surface area (Å²) < 4.78 is 21.4. The van der Waals surface area contributed by atoms with Crippen molar-refractivity contribution < 1.29 is 13.9 Å². The van der Waals surface area contributed by atoms with E-state index in [9.17, 15) is 9.18 Å². The maximum Gasteiger partial charge on any atom is 0.414 e. The van der Waals surface area contributed by atoms with Crippen molar-refractivity contribution >= 4 is 40.1 Å². The number of thiocarbonyl (C=S) groups is 1. The summed E-state index contributed by atoms with van der Waals surface area (Å²) in [4.78, 5) is 13.5. The molecule has 8 nitrogen and oxygen atoms in total. The van der Waals surface area contributed by atoms with Crippen LogP contribution in [0, 0.1) is 5.82 Å². The molecule has 0 spiro atoms. The van der Waals surface area contributed by atoms with Crippen molar-refractivity contribution in [2.45, 2.75) is 6.10 Å². The summed E-state index contributed by atoms with van der Waals surface area (Å²) in [5, 5.41) is 10.9. The number of amides is 1. The first kappa shape index (κ1) is 17.2. The SMILES string of the molecule is NC(=S)NC[C@H]1CN(c2ccc(-n3nnc4ccccc43)c(F)c2)C(=O)O1. The lowest BCUT2D eigenvalue weighted by Gasteiger charge is -2.14. The van der Waals surface area contributed by atoms with Gasteiger partial charge in [-0.15, -0.1) is 5.10 Å². The number of ether oxygens (including phenoxy) is 1. The lowest BCUT2D eigenvalue weighted by Crippen LogP contribution is -2.37. The lowest BCUT2D eigenvalue weighted by atomic mass is 10.2. The smallest absolute Gasteiger partial charge is 0.414 e. The zero-order valence-corrected chi connectivity index (χ0v) is 14.8. The number of aromatic nitrogens is 3. The Morgan fingerprint density at radius 1 is 1.37 bits per heavy atom. The van der Waals surface area contributed by atoms with Crippen LogP contribution in [0.3, 0.4) is 0 Å². The van der Waals surface area contributed by atoms with Crippen molar-refractivity contribution in [3.05, 3.63) is 48.3 Å². The molecule has 4 rings (SSSR count). The number of hydrogen-bond donors (Lipinski definition) is 2. The average Bonchev–Trinajstić information content (AvgIpc) is 3.23. The van der Waals surface area contributed by atoms with E-state index in [1.165, 1.54) is 15.6 Å². The molecule has 1 aliphatic rings. The molecule has 3 N–H and O–H groups in total. The Bertz CT molecular complexity index is 1040. The van der Waals surface area contributed by atoms with Crippen LogP contribution in [-0.2, 0) is 4.74 Å². The number of carbonyl (C=O) groups excluding carboxylic acids is 1. The quantitative estimate of drug-likeness (QED) is 0.659. The van der Waals surface area contributed by atoms with E-state index in [0.717, 1.165) is 0 Å². The number of halogens is 1. The number of nitrogens with two attached hydrogens (primary N) is 1. The van der Waals surface area contributed by atoms with Crippen LogP contribution in [0.25, 0.3) is 16.7 Å². The molecular weight excluding hydrogens is 371 g/mol. The summed E-state index contributed by atoms with van der Waals surface area (Å²) in [6.07, 6.45) is -0.982. The van der Waals surface area contributed by atoms with E-state index in [1.54, 1.807) is 24.3 Å². The van der Waals surface area contributed by atoms with E-state index in [0.29, 0.717) is 23.3 Å². The Morgan fingerprint density at radius 3 is 2.96 bits per heavy atom. The molecule has 1 atom stereocenters. The van der Waals surface area contributed by atoms with Gasteiger partial charge in [0.2, 0.25) is 0 Å². The fourth-order valence-corrected chi connectivity index (χ4v) is 3.02. The van der Waals surface area contributed by atoms with Crippen LogP contribution >= 0.6 is 12.2 Å². The van der Waals surface area contributed by atoms with Crippen LogP contribution in [0.1, 0.15) is 0 Å². The Balaban J connectivity index is 1.59. The van der Waals surface area contributed by atoms with Gasteiger partial charge in [-0.05, 0) is 42.5 Å². The highest BCUT2D eigenvalue weighted by Crippen LogP contribution is 2.26. The topological polar surface area (TPSA) is 98.3 Å². The van der Waals surface area contributed by atoms with Gasteiger partial charge in [0, 0.05) is 0 Å². The van der Waals surface area contributed by atoms with Gasteiger partial charge in [0.05, 0.1) is 24.3 Å². The molecule has 1 saturated heterocycles. The zero-order chi connectivity index (χ0) is 19.0. The predicted molar refractivity (Wildman–Crippen MR) is 101 cm³/mol. The Hall–Kier alpha value is -3.27. The van der Waals surface area contributed by atoms with E-state index in [1.807, 2.05) is 12.1 Å². The van der Waals surface area contributed by atoms with Crippen LogP contribution in [-0.4, -0.2) is 45.4 Å². The second-order valence-electron chi connectivity index (χ2n) is 5.99. The van der Waals surface area contributed by atoms with Crippen molar-refractivity contribution in [1.82, 2.24) is 20.3 Å². The summed E-state index contributed by atoms with van der Waals surface area (Å²) in [5.41, 5.74) is 7.36.